The largest absolute Gasteiger partial charge is 0.393 e. The summed E-state index contributed by atoms with van der Waals surface area (Å²) < 4.78 is 0. The number of amides is 1. The highest BCUT2D eigenvalue weighted by molar-refractivity contribution is 5.92. The van der Waals surface area contributed by atoms with Gasteiger partial charge in [-0.3, -0.25) is 9.69 Å². The van der Waals surface area contributed by atoms with Crippen LogP contribution < -0.4 is 5.32 Å². The predicted molar refractivity (Wildman–Crippen MR) is 76.0 cm³/mol. The molecule has 1 aliphatic rings. The maximum Gasteiger partial charge on any atom is 0.238 e. The van der Waals surface area contributed by atoms with Gasteiger partial charge in [0.1, 0.15) is 0 Å². The van der Waals surface area contributed by atoms with Gasteiger partial charge in [0, 0.05) is 11.7 Å². The first-order valence-corrected chi connectivity index (χ1v) is 6.92. The molecule has 0 saturated carbocycles. The smallest absolute Gasteiger partial charge is 0.238 e. The summed E-state index contributed by atoms with van der Waals surface area (Å²) in [5.74, 6) is 0.0173. The summed E-state index contributed by atoms with van der Waals surface area (Å²) in [4.78, 5) is 14.2. The van der Waals surface area contributed by atoms with Crippen molar-refractivity contribution in [3.63, 3.8) is 0 Å². The number of aliphatic hydroxyl groups excluding tert-OH is 1. The zero-order valence-electron chi connectivity index (χ0n) is 11.4. The predicted octanol–water partition coefficient (Wildman–Crippen LogP) is 1.86. The molecule has 0 bridgehead atoms. The molecule has 1 aromatic rings. The molecular formula is C15H22N2O2. The molecule has 0 radical (unpaired) electrons. The first-order chi connectivity index (χ1) is 9.15. The lowest BCUT2D eigenvalue weighted by Gasteiger charge is -2.24. The number of nitrogens with one attached hydrogen (secondary N) is 1. The number of hydrogen-bond acceptors (Lipinski definition) is 3. The van der Waals surface area contributed by atoms with Crippen molar-refractivity contribution in [2.75, 3.05) is 18.4 Å². The molecule has 2 N–H and O–H groups in total. The number of hydrogen-bond donors (Lipinski definition) is 2. The minimum Gasteiger partial charge on any atom is -0.393 e. The van der Waals surface area contributed by atoms with E-state index in [1.807, 2.05) is 30.3 Å². The molecule has 0 aromatic heterocycles. The fraction of sp³-hybridized carbons (Fsp3) is 0.533. The molecule has 0 spiro atoms. The Bertz CT molecular complexity index is 406. The van der Waals surface area contributed by atoms with Gasteiger partial charge in [0.2, 0.25) is 5.91 Å². The number of likely N-dealkylation sites (tertiary alicyclic amines) is 1. The van der Waals surface area contributed by atoms with E-state index < -0.39 is 0 Å². The van der Waals surface area contributed by atoms with Crippen LogP contribution in [-0.2, 0) is 4.79 Å². The van der Waals surface area contributed by atoms with Crippen molar-refractivity contribution < 1.29 is 9.90 Å². The third-order valence-corrected chi connectivity index (χ3v) is 3.52. The van der Waals surface area contributed by atoms with Gasteiger partial charge < -0.3 is 10.4 Å². The van der Waals surface area contributed by atoms with Crippen LogP contribution in [0.15, 0.2) is 30.3 Å². The molecule has 1 amide bonds. The quantitative estimate of drug-likeness (QED) is 0.851. The SMILES string of the molecule is CC(O)CC1CCCN1CC(=O)Nc1ccccc1. The third-order valence-electron chi connectivity index (χ3n) is 3.52. The Balaban J connectivity index is 1.84. The highest BCUT2D eigenvalue weighted by Crippen LogP contribution is 2.21. The van der Waals surface area contributed by atoms with Crippen LogP contribution >= 0.6 is 0 Å². The van der Waals surface area contributed by atoms with E-state index >= 15 is 0 Å². The van der Waals surface area contributed by atoms with Gasteiger partial charge in [-0.05, 0) is 44.9 Å². The van der Waals surface area contributed by atoms with E-state index in [-0.39, 0.29) is 12.0 Å². The summed E-state index contributed by atoms with van der Waals surface area (Å²) in [5, 5.41) is 12.4. The number of carbonyl (C=O) groups excluding carboxylic acids is 1. The van der Waals surface area contributed by atoms with Crippen LogP contribution in [0.5, 0.6) is 0 Å². The van der Waals surface area contributed by atoms with E-state index in [9.17, 15) is 9.90 Å². The normalized spacial score (nSPS) is 21.3. The third kappa shape index (κ3) is 4.33. The zero-order valence-corrected chi connectivity index (χ0v) is 11.4. The van der Waals surface area contributed by atoms with Crippen LogP contribution in [-0.4, -0.2) is 41.1 Å². The zero-order chi connectivity index (χ0) is 13.7. The molecule has 19 heavy (non-hydrogen) atoms. The number of para-hydroxylation sites is 1. The number of rotatable bonds is 5. The maximum atomic E-state index is 12.0. The molecular weight excluding hydrogens is 240 g/mol. The molecule has 1 heterocycles. The summed E-state index contributed by atoms with van der Waals surface area (Å²) >= 11 is 0. The summed E-state index contributed by atoms with van der Waals surface area (Å²) in [7, 11) is 0. The van der Waals surface area contributed by atoms with E-state index in [0.29, 0.717) is 12.6 Å². The molecule has 2 unspecified atom stereocenters. The lowest BCUT2D eigenvalue weighted by atomic mass is 10.1. The Hall–Kier alpha value is -1.39. The summed E-state index contributed by atoms with van der Waals surface area (Å²) in [6, 6.07) is 9.84. The summed E-state index contributed by atoms with van der Waals surface area (Å²) in [6.07, 6.45) is 2.63. The average Bonchev–Trinajstić information content (AvgIpc) is 2.77. The van der Waals surface area contributed by atoms with Crippen LogP contribution in [0.1, 0.15) is 26.2 Å². The molecule has 2 rings (SSSR count). The van der Waals surface area contributed by atoms with Crippen LogP contribution in [0.3, 0.4) is 0 Å². The summed E-state index contributed by atoms with van der Waals surface area (Å²) in [6.45, 7) is 3.16. The van der Waals surface area contributed by atoms with Crippen molar-refractivity contribution in [3.05, 3.63) is 30.3 Å². The molecule has 1 aromatic carbocycles. The van der Waals surface area contributed by atoms with Gasteiger partial charge >= 0.3 is 0 Å². The van der Waals surface area contributed by atoms with Gasteiger partial charge in [-0.25, -0.2) is 0 Å². The van der Waals surface area contributed by atoms with Crippen LogP contribution in [0, 0.1) is 0 Å². The van der Waals surface area contributed by atoms with Crippen molar-refractivity contribution in [2.24, 2.45) is 0 Å². The molecule has 0 aliphatic carbocycles. The molecule has 4 heteroatoms. The van der Waals surface area contributed by atoms with Gasteiger partial charge in [-0.1, -0.05) is 18.2 Å². The van der Waals surface area contributed by atoms with Gasteiger partial charge in [0.15, 0.2) is 0 Å². The highest BCUT2D eigenvalue weighted by Gasteiger charge is 2.26. The van der Waals surface area contributed by atoms with Gasteiger partial charge in [-0.15, -0.1) is 0 Å². The minimum atomic E-state index is -0.303. The summed E-state index contributed by atoms with van der Waals surface area (Å²) in [5.41, 5.74) is 0.832. The molecule has 1 fully saturated rings. The van der Waals surface area contributed by atoms with Crippen LogP contribution in [0.25, 0.3) is 0 Å². The number of benzene rings is 1. The second-order valence-corrected chi connectivity index (χ2v) is 5.27. The second-order valence-electron chi connectivity index (χ2n) is 5.27. The van der Waals surface area contributed by atoms with Gasteiger partial charge in [0.25, 0.3) is 0 Å². The Labute approximate surface area is 114 Å². The number of aliphatic hydroxyl groups is 1. The standard InChI is InChI=1S/C15H22N2O2/c1-12(18)10-14-8-5-9-17(14)11-15(19)16-13-6-3-2-4-7-13/h2-4,6-7,12,14,18H,5,8-11H2,1H3,(H,16,19). The van der Waals surface area contributed by atoms with Crippen LogP contribution in [0.4, 0.5) is 5.69 Å². The first kappa shape index (κ1) is 14.0. The molecule has 104 valence electrons. The van der Waals surface area contributed by atoms with E-state index in [1.165, 1.54) is 0 Å². The van der Waals surface area contributed by atoms with E-state index in [0.717, 1.165) is 31.5 Å². The van der Waals surface area contributed by atoms with Gasteiger partial charge in [0.05, 0.1) is 12.6 Å². The maximum absolute atomic E-state index is 12.0. The van der Waals surface area contributed by atoms with Gasteiger partial charge in [-0.2, -0.15) is 0 Å². The highest BCUT2D eigenvalue weighted by atomic mass is 16.3. The fourth-order valence-electron chi connectivity index (χ4n) is 2.67. The van der Waals surface area contributed by atoms with E-state index in [1.54, 1.807) is 6.92 Å². The number of carbonyl (C=O) groups is 1. The Morgan fingerprint density at radius 1 is 1.47 bits per heavy atom. The van der Waals surface area contributed by atoms with E-state index in [4.69, 9.17) is 0 Å². The van der Waals surface area contributed by atoms with E-state index in [2.05, 4.69) is 10.2 Å². The van der Waals surface area contributed by atoms with Crippen LogP contribution in [0.2, 0.25) is 0 Å². The van der Waals surface area contributed by atoms with Crippen molar-refractivity contribution in [3.8, 4) is 0 Å². The molecule has 4 nitrogen and oxygen atoms in total. The average molecular weight is 262 g/mol. The number of anilines is 1. The second kappa shape index (κ2) is 6.68. The fourth-order valence-corrected chi connectivity index (χ4v) is 2.67. The lowest BCUT2D eigenvalue weighted by molar-refractivity contribution is -0.117. The van der Waals surface area contributed by atoms with Crippen molar-refractivity contribution in [1.82, 2.24) is 4.90 Å². The topological polar surface area (TPSA) is 52.6 Å². The molecule has 1 aliphatic heterocycles. The van der Waals surface area contributed by atoms with Crippen molar-refractivity contribution >= 4 is 11.6 Å². The van der Waals surface area contributed by atoms with Crippen molar-refractivity contribution in [1.29, 1.82) is 0 Å². The van der Waals surface area contributed by atoms with Crippen molar-refractivity contribution in [2.45, 2.75) is 38.3 Å². The number of nitrogens with zero attached hydrogens (tertiary/aromatic N) is 1. The monoisotopic (exact) mass is 262 g/mol. The Kier molecular flexibility index (Phi) is 4.93. The minimum absolute atomic E-state index is 0.0173. The first-order valence-electron chi connectivity index (χ1n) is 6.92. The molecule has 1 saturated heterocycles. The Morgan fingerprint density at radius 3 is 2.89 bits per heavy atom. The lowest BCUT2D eigenvalue weighted by Crippen LogP contribution is -2.38. The molecule has 2 atom stereocenters. The Morgan fingerprint density at radius 2 is 2.21 bits per heavy atom.